The van der Waals surface area contributed by atoms with E-state index in [1.54, 1.807) is 18.2 Å². The number of rotatable bonds is 4. The van der Waals surface area contributed by atoms with Gasteiger partial charge in [-0.15, -0.1) is 0 Å². The van der Waals surface area contributed by atoms with Gasteiger partial charge in [0.1, 0.15) is 0 Å². The van der Waals surface area contributed by atoms with Crippen molar-refractivity contribution in [1.82, 2.24) is 14.9 Å². The summed E-state index contributed by atoms with van der Waals surface area (Å²) in [7, 11) is 0. The summed E-state index contributed by atoms with van der Waals surface area (Å²) in [5.74, 6) is -0.160. The van der Waals surface area contributed by atoms with Gasteiger partial charge >= 0.3 is 0 Å². The number of carbonyl (C=O) groups is 1. The molecule has 6 heteroatoms. The lowest BCUT2D eigenvalue weighted by molar-refractivity contribution is 0.0911. The molecule has 1 aromatic carbocycles. The molecular weight excluding hydrogens is 298 g/mol. The number of H-pyrrole nitrogens is 1. The summed E-state index contributed by atoms with van der Waals surface area (Å²) in [6.45, 7) is 8.34. The van der Waals surface area contributed by atoms with E-state index in [0.29, 0.717) is 27.8 Å². The highest BCUT2D eigenvalue weighted by Crippen LogP contribution is 2.13. The molecule has 0 saturated carbocycles. The Bertz CT molecular complexity index is 833. The van der Waals surface area contributed by atoms with E-state index < -0.39 is 0 Å². The Morgan fingerprint density at radius 2 is 2.05 bits per heavy atom. The van der Waals surface area contributed by atoms with Gasteiger partial charge in [-0.05, 0) is 57.6 Å². The number of hydrogen-bond donors (Lipinski definition) is 2. The minimum absolute atomic E-state index is 0.137. The van der Waals surface area contributed by atoms with Gasteiger partial charge in [0.25, 0.3) is 11.5 Å². The zero-order valence-electron chi connectivity index (χ0n) is 13.3. The molecule has 5 nitrogen and oxygen atoms in total. The third-order valence-corrected chi connectivity index (χ3v) is 4.22. The van der Waals surface area contributed by atoms with Gasteiger partial charge in [-0.1, -0.05) is 6.92 Å². The van der Waals surface area contributed by atoms with Gasteiger partial charge in [0.15, 0.2) is 4.77 Å². The van der Waals surface area contributed by atoms with E-state index in [9.17, 15) is 9.59 Å². The molecule has 2 aromatic rings. The highest BCUT2D eigenvalue weighted by Gasteiger charge is 2.19. The Balaban J connectivity index is 2.50. The first-order chi connectivity index (χ1) is 10.3. The molecule has 118 valence electrons. The van der Waals surface area contributed by atoms with Crippen molar-refractivity contribution in [1.29, 1.82) is 0 Å². The van der Waals surface area contributed by atoms with Crippen LogP contribution in [0.15, 0.2) is 23.0 Å². The van der Waals surface area contributed by atoms with Crippen molar-refractivity contribution >= 4 is 29.0 Å². The van der Waals surface area contributed by atoms with Crippen molar-refractivity contribution < 1.29 is 4.79 Å². The van der Waals surface area contributed by atoms with E-state index in [1.165, 1.54) is 4.57 Å². The maximum Gasteiger partial charge on any atom is 0.262 e. The first-order valence-electron chi connectivity index (χ1n) is 7.38. The first kappa shape index (κ1) is 16.4. The Morgan fingerprint density at radius 1 is 1.36 bits per heavy atom. The predicted octanol–water partition coefficient (Wildman–Crippen LogP) is 3.00. The maximum absolute atomic E-state index is 12.3. The van der Waals surface area contributed by atoms with Crippen molar-refractivity contribution in [3.8, 4) is 0 Å². The topological polar surface area (TPSA) is 66.9 Å². The predicted molar refractivity (Wildman–Crippen MR) is 90.9 cm³/mol. The second-order valence-corrected chi connectivity index (χ2v) is 6.32. The summed E-state index contributed by atoms with van der Waals surface area (Å²) in [5, 5.41) is 3.51. The van der Waals surface area contributed by atoms with Crippen molar-refractivity contribution in [2.75, 3.05) is 0 Å². The first-order valence-corrected chi connectivity index (χ1v) is 7.79. The minimum atomic E-state index is -0.273. The van der Waals surface area contributed by atoms with Crippen LogP contribution in [0.1, 0.15) is 44.5 Å². The fourth-order valence-corrected chi connectivity index (χ4v) is 2.47. The van der Waals surface area contributed by atoms with E-state index >= 15 is 0 Å². The maximum atomic E-state index is 12.3. The van der Waals surface area contributed by atoms with Crippen LogP contribution in [0.2, 0.25) is 0 Å². The number of benzene rings is 1. The van der Waals surface area contributed by atoms with Crippen LogP contribution < -0.4 is 10.9 Å². The largest absolute Gasteiger partial charge is 0.347 e. The zero-order valence-corrected chi connectivity index (χ0v) is 14.1. The molecule has 2 rings (SSSR count). The van der Waals surface area contributed by atoms with Crippen LogP contribution in [-0.2, 0) is 6.54 Å². The molecule has 0 radical (unpaired) electrons. The summed E-state index contributed by atoms with van der Waals surface area (Å²) < 4.78 is 1.86. The third-order valence-electron chi connectivity index (χ3n) is 3.90. The average molecular weight is 319 g/mol. The molecule has 0 aliphatic carbocycles. The van der Waals surface area contributed by atoms with Gasteiger partial charge in [0, 0.05) is 17.6 Å². The fourth-order valence-electron chi connectivity index (χ4n) is 2.15. The van der Waals surface area contributed by atoms with Gasteiger partial charge in [0.2, 0.25) is 0 Å². The van der Waals surface area contributed by atoms with Crippen LogP contribution in [-0.4, -0.2) is 21.0 Å². The SMILES string of the molecule is CCn1c(=S)[nH]c2cc(C(=O)NC(C)(C)CC)ccc2c1=O. The molecule has 0 spiro atoms. The lowest BCUT2D eigenvalue weighted by Gasteiger charge is -2.24. The summed E-state index contributed by atoms with van der Waals surface area (Å²) >= 11 is 5.19. The van der Waals surface area contributed by atoms with Crippen molar-refractivity contribution in [2.24, 2.45) is 0 Å². The zero-order chi connectivity index (χ0) is 16.5. The average Bonchev–Trinajstić information content (AvgIpc) is 2.46. The molecule has 0 atom stereocenters. The molecule has 0 aliphatic heterocycles. The second kappa shape index (κ2) is 6.04. The van der Waals surface area contributed by atoms with Gasteiger partial charge in [0.05, 0.1) is 10.9 Å². The number of nitrogens with one attached hydrogen (secondary N) is 2. The quantitative estimate of drug-likeness (QED) is 0.851. The number of carbonyl (C=O) groups excluding carboxylic acids is 1. The second-order valence-electron chi connectivity index (χ2n) is 5.93. The molecular formula is C16H21N3O2S. The van der Waals surface area contributed by atoms with Crippen LogP contribution in [0.25, 0.3) is 10.9 Å². The Kier molecular flexibility index (Phi) is 4.51. The van der Waals surface area contributed by atoms with Gasteiger partial charge in [-0.2, -0.15) is 0 Å². The molecule has 0 aliphatic rings. The Labute approximate surface area is 134 Å². The molecule has 1 aromatic heterocycles. The number of nitrogens with zero attached hydrogens (tertiary/aromatic N) is 1. The normalized spacial score (nSPS) is 11.6. The molecule has 0 fully saturated rings. The number of amides is 1. The summed E-state index contributed by atoms with van der Waals surface area (Å²) in [6.07, 6.45) is 0.829. The monoisotopic (exact) mass is 319 g/mol. The van der Waals surface area contributed by atoms with Crippen LogP contribution in [0.4, 0.5) is 0 Å². The molecule has 0 saturated heterocycles. The standard InChI is InChI=1S/C16H21N3O2S/c1-5-16(3,4)18-13(20)10-7-8-11-12(9-10)17-15(22)19(6-2)14(11)21/h7-9H,5-6H2,1-4H3,(H,17,22)(H,18,20). The number of aromatic amines is 1. The third kappa shape index (κ3) is 3.11. The van der Waals surface area contributed by atoms with Crippen molar-refractivity contribution in [3.63, 3.8) is 0 Å². The molecule has 1 heterocycles. The molecule has 0 bridgehead atoms. The Morgan fingerprint density at radius 3 is 2.64 bits per heavy atom. The van der Waals surface area contributed by atoms with E-state index in [4.69, 9.17) is 12.2 Å². The van der Waals surface area contributed by atoms with E-state index in [2.05, 4.69) is 10.3 Å². The van der Waals surface area contributed by atoms with Crippen LogP contribution >= 0.6 is 12.2 Å². The van der Waals surface area contributed by atoms with Crippen LogP contribution in [0, 0.1) is 4.77 Å². The molecule has 2 N–H and O–H groups in total. The lowest BCUT2D eigenvalue weighted by atomic mass is 10.0. The van der Waals surface area contributed by atoms with Gasteiger partial charge in [-0.3, -0.25) is 14.2 Å². The van der Waals surface area contributed by atoms with Crippen molar-refractivity contribution in [3.05, 3.63) is 38.9 Å². The van der Waals surface area contributed by atoms with Gasteiger partial charge in [-0.25, -0.2) is 0 Å². The Hall–Kier alpha value is -1.95. The minimum Gasteiger partial charge on any atom is -0.347 e. The number of aromatic nitrogens is 2. The molecule has 22 heavy (non-hydrogen) atoms. The van der Waals surface area contributed by atoms with Crippen LogP contribution in [0.3, 0.4) is 0 Å². The fraction of sp³-hybridized carbons (Fsp3) is 0.438. The van der Waals surface area contributed by atoms with Gasteiger partial charge < -0.3 is 10.3 Å². The highest BCUT2D eigenvalue weighted by atomic mass is 32.1. The van der Waals surface area contributed by atoms with E-state index in [1.807, 2.05) is 27.7 Å². The smallest absolute Gasteiger partial charge is 0.262 e. The summed E-state index contributed by atoms with van der Waals surface area (Å²) in [6, 6.07) is 5.01. The lowest BCUT2D eigenvalue weighted by Crippen LogP contribution is -2.42. The van der Waals surface area contributed by atoms with E-state index in [-0.39, 0.29) is 17.0 Å². The summed E-state index contributed by atoms with van der Waals surface area (Å²) in [4.78, 5) is 27.7. The summed E-state index contributed by atoms with van der Waals surface area (Å²) in [5.41, 5.74) is 0.682. The number of fused-ring (bicyclic) bond motifs is 1. The van der Waals surface area contributed by atoms with E-state index in [0.717, 1.165) is 6.42 Å². The molecule has 1 amide bonds. The molecule has 0 unspecified atom stereocenters. The van der Waals surface area contributed by atoms with Crippen LogP contribution in [0.5, 0.6) is 0 Å². The highest BCUT2D eigenvalue weighted by molar-refractivity contribution is 7.71. The number of hydrogen-bond acceptors (Lipinski definition) is 3. The van der Waals surface area contributed by atoms with Crippen molar-refractivity contribution in [2.45, 2.75) is 46.2 Å².